The number of quaternary nitrogens is 1. The van der Waals surface area contributed by atoms with Crippen LogP contribution >= 0.6 is 0 Å². The van der Waals surface area contributed by atoms with Gasteiger partial charge in [0.25, 0.3) is 17.7 Å². The van der Waals surface area contributed by atoms with E-state index < -0.39 is 0 Å². The van der Waals surface area contributed by atoms with Crippen LogP contribution in [0.2, 0.25) is 0 Å². The van der Waals surface area contributed by atoms with E-state index in [4.69, 9.17) is 0 Å². The van der Waals surface area contributed by atoms with Gasteiger partial charge in [0.1, 0.15) is 6.54 Å². The first-order valence-electron chi connectivity index (χ1n) is 11.2. The molecule has 31 heavy (non-hydrogen) atoms. The lowest BCUT2D eigenvalue weighted by Gasteiger charge is -2.32. The molecule has 0 aromatic heterocycles. The van der Waals surface area contributed by atoms with Gasteiger partial charge in [0.05, 0.1) is 37.3 Å². The number of carbonyl (C=O) groups is 3. The number of hydrogen-bond acceptors (Lipinski definition) is 3. The highest BCUT2D eigenvalue weighted by Gasteiger charge is 2.36. The molecule has 4 rings (SSSR count). The van der Waals surface area contributed by atoms with E-state index in [1.54, 1.807) is 18.2 Å². The van der Waals surface area contributed by atoms with Crippen LogP contribution in [-0.4, -0.2) is 60.2 Å². The summed E-state index contributed by atoms with van der Waals surface area (Å²) < 4.78 is 0. The van der Waals surface area contributed by atoms with E-state index in [1.807, 2.05) is 11.8 Å². The van der Waals surface area contributed by atoms with Crippen molar-refractivity contribution in [1.29, 1.82) is 0 Å². The summed E-state index contributed by atoms with van der Waals surface area (Å²) in [5.41, 5.74) is 3.91. The van der Waals surface area contributed by atoms with E-state index in [0.717, 1.165) is 32.5 Å². The van der Waals surface area contributed by atoms with Gasteiger partial charge in [0.15, 0.2) is 0 Å². The number of nitrogens with zero attached hydrogens (tertiary/aromatic N) is 2. The molecule has 1 N–H and O–H groups in total. The van der Waals surface area contributed by atoms with E-state index in [1.165, 1.54) is 20.9 Å². The quantitative estimate of drug-likeness (QED) is 0.727. The number of unbranched alkanes of at least 4 members (excludes halogenated alkanes) is 1. The first-order valence-corrected chi connectivity index (χ1v) is 11.2. The Morgan fingerprint density at radius 3 is 2.42 bits per heavy atom. The van der Waals surface area contributed by atoms with Crippen LogP contribution in [0, 0.1) is 6.92 Å². The zero-order chi connectivity index (χ0) is 22.0. The highest BCUT2D eigenvalue weighted by atomic mass is 16.2. The van der Waals surface area contributed by atoms with Gasteiger partial charge in [-0.15, -0.1) is 0 Å². The van der Waals surface area contributed by atoms with Crippen molar-refractivity contribution in [2.24, 2.45) is 0 Å². The summed E-state index contributed by atoms with van der Waals surface area (Å²) in [7, 11) is 0. The Labute approximate surface area is 183 Å². The Morgan fingerprint density at radius 2 is 1.71 bits per heavy atom. The van der Waals surface area contributed by atoms with Crippen molar-refractivity contribution in [3.05, 3.63) is 70.3 Å². The van der Waals surface area contributed by atoms with Crippen molar-refractivity contribution in [3.63, 3.8) is 0 Å². The number of fused-ring (bicyclic) bond motifs is 1. The fourth-order valence-electron chi connectivity index (χ4n) is 4.41. The van der Waals surface area contributed by atoms with Crippen LogP contribution in [0.15, 0.2) is 42.5 Å². The maximum Gasteiger partial charge on any atom is 0.261 e. The number of hydrogen-bond donors (Lipinski definition) is 1. The van der Waals surface area contributed by atoms with Crippen molar-refractivity contribution in [3.8, 4) is 0 Å². The minimum absolute atomic E-state index is 0.0648. The summed E-state index contributed by atoms with van der Waals surface area (Å²) >= 11 is 0. The molecule has 6 heteroatoms. The van der Waals surface area contributed by atoms with Crippen LogP contribution in [0.1, 0.15) is 62.0 Å². The normalized spacial score (nSPS) is 16.7. The highest BCUT2D eigenvalue weighted by molar-refractivity contribution is 6.22. The fourth-order valence-corrected chi connectivity index (χ4v) is 4.41. The van der Waals surface area contributed by atoms with E-state index >= 15 is 0 Å². The summed E-state index contributed by atoms with van der Waals surface area (Å²) in [5, 5.41) is 0. The molecule has 0 bridgehead atoms. The van der Waals surface area contributed by atoms with Gasteiger partial charge in [0.2, 0.25) is 0 Å². The largest absolute Gasteiger partial charge is 0.328 e. The second-order valence-corrected chi connectivity index (χ2v) is 8.52. The van der Waals surface area contributed by atoms with Crippen molar-refractivity contribution in [1.82, 2.24) is 9.80 Å². The van der Waals surface area contributed by atoms with Gasteiger partial charge < -0.3 is 9.80 Å². The number of piperazine rings is 1. The molecule has 2 heterocycles. The van der Waals surface area contributed by atoms with Crippen molar-refractivity contribution in [2.75, 3.05) is 32.7 Å². The average molecular weight is 421 g/mol. The molecule has 0 unspecified atom stereocenters. The monoisotopic (exact) mass is 420 g/mol. The Hall–Kier alpha value is -2.99. The second kappa shape index (κ2) is 9.02. The van der Waals surface area contributed by atoms with Gasteiger partial charge >= 0.3 is 0 Å². The van der Waals surface area contributed by atoms with E-state index in [0.29, 0.717) is 36.3 Å². The van der Waals surface area contributed by atoms with E-state index in [2.05, 4.69) is 31.2 Å². The zero-order valence-corrected chi connectivity index (χ0v) is 18.3. The van der Waals surface area contributed by atoms with E-state index in [9.17, 15) is 14.4 Å². The van der Waals surface area contributed by atoms with Gasteiger partial charge in [-0.25, -0.2) is 0 Å². The summed E-state index contributed by atoms with van der Waals surface area (Å²) in [4.78, 5) is 42.9. The number of benzene rings is 2. The summed E-state index contributed by atoms with van der Waals surface area (Å²) in [6.07, 6.45) is 1.70. The molecule has 0 aliphatic carbocycles. The number of imide groups is 1. The molecular weight excluding hydrogens is 390 g/mol. The van der Waals surface area contributed by atoms with Crippen molar-refractivity contribution in [2.45, 2.75) is 33.2 Å². The number of rotatable bonds is 6. The molecule has 162 valence electrons. The molecule has 0 atom stereocenters. The number of nitrogens with one attached hydrogen (secondary N) is 1. The van der Waals surface area contributed by atoms with Gasteiger partial charge in [0, 0.05) is 17.7 Å². The fraction of sp³-hybridized carbons (Fsp3) is 0.400. The third-order valence-corrected chi connectivity index (χ3v) is 6.41. The Balaban J connectivity index is 1.40. The molecule has 3 amide bonds. The summed E-state index contributed by atoms with van der Waals surface area (Å²) in [5.74, 6) is -0.596. The van der Waals surface area contributed by atoms with Crippen LogP contribution in [0.3, 0.4) is 0 Å². The minimum Gasteiger partial charge on any atom is -0.328 e. The molecule has 6 nitrogen and oxygen atoms in total. The Kier molecular flexibility index (Phi) is 6.18. The van der Waals surface area contributed by atoms with Gasteiger partial charge in [-0.1, -0.05) is 37.6 Å². The van der Waals surface area contributed by atoms with Gasteiger partial charge in [-0.3, -0.25) is 19.3 Å². The molecular formula is C25H30N3O3+. The lowest BCUT2D eigenvalue weighted by atomic mass is 10.0. The third-order valence-electron chi connectivity index (χ3n) is 6.41. The van der Waals surface area contributed by atoms with Crippen LogP contribution < -0.4 is 4.90 Å². The molecule has 1 fully saturated rings. The number of amides is 3. The molecule has 1 saturated heterocycles. The number of carbonyl (C=O) groups excluding carboxylic acids is 3. The molecule has 2 aromatic rings. The minimum atomic E-state index is -0.282. The van der Waals surface area contributed by atoms with Gasteiger partial charge in [-0.2, -0.15) is 0 Å². The first-order chi connectivity index (χ1) is 15.0. The lowest BCUT2D eigenvalue weighted by molar-refractivity contribution is -0.917. The highest BCUT2D eigenvalue weighted by Crippen LogP contribution is 2.25. The number of aryl methyl sites for hydroxylation is 1. The second-order valence-electron chi connectivity index (χ2n) is 8.52. The lowest BCUT2D eigenvalue weighted by Crippen LogP contribution is -3.13. The summed E-state index contributed by atoms with van der Waals surface area (Å²) in [6.45, 7) is 8.73. The molecule has 2 aliphatic rings. The molecule has 2 aliphatic heterocycles. The predicted molar refractivity (Wildman–Crippen MR) is 118 cm³/mol. The third kappa shape index (κ3) is 4.26. The van der Waals surface area contributed by atoms with Crippen LogP contribution in [0.5, 0.6) is 0 Å². The smallest absolute Gasteiger partial charge is 0.261 e. The topological polar surface area (TPSA) is 62.1 Å². The van der Waals surface area contributed by atoms with Crippen LogP contribution in [0.25, 0.3) is 0 Å². The first kappa shape index (κ1) is 21.2. The molecule has 0 radical (unpaired) electrons. The average Bonchev–Trinajstić information content (AvgIpc) is 3.03. The van der Waals surface area contributed by atoms with E-state index in [-0.39, 0.29) is 17.7 Å². The zero-order valence-electron chi connectivity index (χ0n) is 18.3. The van der Waals surface area contributed by atoms with Crippen LogP contribution in [0.4, 0.5) is 0 Å². The van der Waals surface area contributed by atoms with Crippen molar-refractivity contribution < 1.29 is 19.3 Å². The standard InChI is InChI=1S/C25H29N3O3/c1-3-4-11-28-24(30)21-10-9-19(16-22(21)25(28)31)23(29)27-14-12-26(13-15-27)17-20-8-6-5-7-18(20)2/h5-10,16H,3-4,11-15,17H2,1-2H3/p+1. The maximum atomic E-state index is 13.1. The molecule has 0 saturated carbocycles. The molecule has 0 spiro atoms. The summed E-state index contributed by atoms with van der Waals surface area (Å²) in [6, 6.07) is 13.4. The SMILES string of the molecule is CCCCN1C(=O)c2ccc(C(=O)N3CC[NH+](Cc4ccccc4C)CC3)cc2C1=O. The van der Waals surface area contributed by atoms with Crippen molar-refractivity contribution >= 4 is 17.7 Å². The predicted octanol–water partition coefficient (Wildman–Crippen LogP) is 1.93. The Bertz CT molecular complexity index is 1010. The molecule has 2 aromatic carbocycles. The van der Waals surface area contributed by atoms with Crippen LogP contribution in [-0.2, 0) is 6.54 Å². The Morgan fingerprint density at radius 1 is 1.00 bits per heavy atom. The maximum absolute atomic E-state index is 13.1. The van der Waals surface area contributed by atoms with Gasteiger partial charge in [-0.05, 0) is 37.1 Å².